The van der Waals surface area contributed by atoms with Crippen molar-refractivity contribution in [2.45, 2.75) is 30.6 Å². The maximum absolute atomic E-state index is 13.5. The second-order valence-corrected chi connectivity index (χ2v) is 8.21. The summed E-state index contributed by atoms with van der Waals surface area (Å²) in [5.74, 6) is -0.283. The smallest absolute Gasteiger partial charge is 0.269 e. The second kappa shape index (κ2) is 7.54. The number of benzene rings is 2. The molecule has 1 atom stereocenters. The Morgan fingerprint density at radius 3 is 2.41 bits per heavy atom. The number of rotatable bonds is 5. The van der Waals surface area contributed by atoms with Gasteiger partial charge in [-0.3, -0.25) is 4.57 Å². The minimum absolute atomic E-state index is 0.0920. The molecule has 29 heavy (non-hydrogen) atoms. The van der Waals surface area contributed by atoms with Crippen LogP contribution in [-0.2, 0) is 16.2 Å². The number of imidazole rings is 1. The molecule has 1 N–H and O–H groups in total. The number of alkyl halides is 5. The van der Waals surface area contributed by atoms with Crippen LogP contribution in [0.5, 0.6) is 0 Å². The fourth-order valence-corrected chi connectivity index (χ4v) is 4.27. The van der Waals surface area contributed by atoms with E-state index in [2.05, 4.69) is 9.71 Å². The highest BCUT2D eigenvalue weighted by molar-refractivity contribution is 7.89. The van der Waals surface area contributed by atoms with Gasteiger partial charge in [0.15, 0.2) is 0 Å². The predicted molar refractivity (Wildman–Crippen MR) is 96.2 cm³/mol. The third-order valence-corrected chi connectivity index (χ3v) is 5.96. The molecule has 0 fully saturated rings. The molecular weight excluding hydrogens is 441 g/mol. The monoisotopic (exact) mass is 453 g/mol. The second-order valence-electron chi connectivity index (χ2n) is 6.09. The third kappa shape index (κ3) is 4.21. The van der Waals surface area contributed by atoms with Gasteiger partial charge in [0.05, 0.1) is 32.6 Å². The highest BCUT2D eigenvalue weighted by Gasteiger charge is 2.35. The van der Waals surface area contributed by atoms with Gasteiger partial charge in [0.2, 0.25) is 10.0 Å². The molecule has 0 spiro atoms. The maximum atomic E-state index is 13.5. The number of hydrogen-bond acceptors (Lipinski definition) is 3. The molecule has 12 heteroatoms. The van der Waals surface area contributed by atoms with Gasteiger partial charge in [-0.25, -0.2) is 18.1 Å². The van der Waals surface area contributed by atoms with Crippen molar-refractivity contribution in [2.24, 2.45) is 0 Å². The number of nitrogens with one attached hydrogen (secondary N) is 1. The largest absolute Gasteiger partial charge is 0.417 e. The highest BCUT2D eigenvalue weighted by atomic mass is 35.5. The van der Waals surface area contributed by atoms with E-state index < -0.39 is 44.3 Å². The lowest BCUT2D eigenvalue weighted by molar-refractivity contribution is -0.137. The van der Waals surface area contributed by atoms with Gasteiger partial charge < -0.3 is 0 Å². The summed E-state index contributed by atoms with van der Waals surface area (Å²) in [7, 11) is -4.49. The molecule has 0 radical (unpaired) electrons. The molecule has 0 aliphatic heterocycles. The fraction of sp³-hybridized carbons (Fsp3) is 0.235. The van der Waals surface area contributed by atoms with Crippen molar-refractivity contribution in [1.29, 1.82) is 0 Å². The van der Waals surface area contributed by atoms with E-state index in [1.165, 1.54) is 25.1 Å². The van der Waals surface area contributed by atoms with E-state index in [0.29, 0.717) is 10.6 Å². The van der Waals surface area contributed by atoms with Crippen molar-refractivity contribution in [1.82, 2.24) is 14.3 Å². The Morgan fingerprint density at radius 1 is 1.14 bits per heavy atom. The van der Waals surface area contributed by atoms with Gasteiger partial charge in [-0.2, -0.15) is 22.0 Å². The summed E-state index contributed by atoms with van der Waals surface area (Å²) in [5, 5.41) is -0.663. The summed E-state index contributed by atoms with van der Waals surface area (Å²) in [6.45, 7) is -1.74. The number of para-hydroxylation sites is 2. The molecule has 0 bridgehead atoms. The molecule has 0 amide bonds. The SMILES string of the molecule is CC(NS(=O)(=O)c1ccc(Cl)c(C(F)(F)F)c1)c1nc2ccccc2n1C(F)F. The van der Waals surface area contributed by atoms with Crippen LogP contribution in [0.2, 0.25) is 5.02 Å². The van der Waals surface area contributed by atoms with E-state index in [1.807, 2.05) is 0 Å². The summed E-state index contributed by atoms with van der Waals surface area (Å²) in [6.07, 6.45) is -4.86. The number of sulfonamides is 1. The molecule has 156 valence electrons. The molecule has 2 aromatic carbocycles. The number of fused-ring (bicyclic) bond motifs is 1. The van der Waals surface area contributed by atoms with Crippen molar-refractivity contribution in [3.63, 3.8) is 0 Å². The van der Waals surface area contributed by atoms with Crippen LogP contribution in [0.1, 0.15) is 30.9 Å². The topological polar surface area (TPSA) is 64.0 Å². The third-order valence-electron chi connectivity index (χ3n) is 4.09. The zero-order valence-corrected chi connectivity index (χ0v) is 16.2. The van der Waals surface area contributed by atoms with Gasteiger partial charge in [0.25, 0.3) is 0 Å². The molecule has 5 nitrogen and oxygen atoms in total. The molecule has 3 aromatic rings. The van der Waals surface area contributed by atoms with Crippen LogP contribution >= 0.6 is 11.6 Å². The minimum Gasteiger partial charge on any atom is -0.269 e. The van der Waals surface area contributed by atoms with Crippen LogP contribution in [0.4, 0.5) is 22.0 Å². The Balaban J connectivity index is 2.00. The van der Waals surface area contributed by atoms with E-state index in [1.54, 1.807) is 6.07 Å². The fourth-order valence-electron chi connectivity index (χ4n) is 2.82. The van der Waals surface area contributed by atoms with Crippen molar-refractivity contribution in [3.05, 3.63) is 58.9 Å². The van der Waals surface area contributed by atoms with E-state index >= 15 is 0 Å². The lowest BCUT2D eigenvalue weighted by Crippen LogP contribution is -2.29. The molecular formula is C17H13ClF5N3O2S. The number of nitrogens with zero attached hydrogens (tertiary/aromatic N) is 2. The molecule has 1 heterocycles. The van der Waals surface area contributed by atoms with Gasteiger partial charge >= 0.3 is 12.7 Å². The summed E-state index contributed by atoms with van der Waals surface area (Å²) in [4.78, 5) is 3.33. The highest BCUT2D eigenvalue weighted by Crippen LogP contribution is 2.36. The Bertz CT molecular complexity index is 1160. The minimum atomic E-state index is -4.86. The van der Waals surface area contributed by atoms with Gasteiger partial charge in [-0.1, -0.05) is 23.7 Å². The van der Waals surface area contributed by atoms with Gasteiger partial charge in [-0.05, 0) is 37.3 Å². The number of halogens is 6. The summed E-state index contributed by atoms with van der Waals surface area (Å²) in [5.41, 5.74) is -1.01. The van der Waals surface area contributed by atoms with E-state index in [4.69, 9.17) is 11.6 Å². The first-order valence-electron chi connectivity index (χ1n) is 8.06. The van der Waals surface area contributed by atoms with Crippen LogP contribution < -0.4 is 4.72 Å². The van der Waals surface area contributed by atoms with Crippen molar-refractivity contribution in [2.75, 3.05) is 0 Å². The quantitative estimate of drug-likeness (QED) is 0.544. The Hall–Kier alpha value is -2.24. The number of hydrogen-bond donors (Lipinski definition) is 1. The van der Waals surface area contributed by atoms with Crippen molar-refractivity contribution < 1.29 is 30.4 Å². The molecule has 0 aliphatic rings. The van der Waals surface area contributed by atoms with Crippen molar-refractivity contribution >= 4 is 32.7 Å². The summed E-state index contributed by atoms with van der Waals surface area (Å²) < 4.78 is 93.9. The van der Waals surface area contributed by atoms with E-state index in [-0.39, 0.29) is 16.9 Å². The molecule has 3 rings (SSSR count). The first-order valence-corrected chi connectivity index (χ1v) is 9.92. The van der Waals surface area contributed by atoms with Crippen LogP contribution in [-0.4, -0.2) is 18.0 Å². The molecule has 1 aromatic heterocycles. The molecule has 1 unspecified atom stereocenters. The average Bonchev–Trinajstić information content (AvgIpc) is 3.00. The zero-order chi connectivity index (χ0) is 21.6. The molecule has 0 saturated heterocycles. The van der Waals surface area contributed by atoms with Crippen molar-refractivity contribution in [3.8, 4) is 0 Å². The van der Waals surface area contributed by atoms with Gasteiger partial charge in [0.1, 0.15) is 5.82 Å². The van der Waals surface area contributed by atoms with Crippen LogP contribution in [0, 0.1) is 0 Å². The Kier molecular flexibility index (Phi) is 5.58. The lowest BCUT2D eigenvalue weighted by atomic mass is 10.2. The Morgan fingerprint density at radius 2 is 1.79 bits per heavy atom. The van der Waals surface area contributed by atoms with E-state index in [0.717, 1.165) is 12.1 Å². The first kappa shape index (κ1) is 21.5. The van der Waals surface area contributed by atoms with Crippen LogP contribution in [0.25, 0.3) is 11.0 Å². The summed E-state index contributed by atoms with van der Waals surface area (Å²) >= 11 is 5.50. The summed E-state index contributed by atoms with van der Waals surface area (Å²) in [6, 6.07) is 6.80. The van der Waals surface area contributed by atoms with Gasteiger partial charge in [0, 0.05) is 0 Å². The molecule has 0 saturated carbocycles. The predicted octanol–water partition coefficient (Wildman–Crippen LogP) is 5.14. The first-order chi connectivity index (χ1) is 13.4. The van der Waals surface area contributed by atoms with E-state index in [9.17, 15) is 30.4 Å². The number of aromatic nitrogens is 2. The van der Waals surface area contributed by atoms with Gasteiger partial charge in [-0.15, -0.1) is 0 Å². The van der Waals surface area contributed by atoms with Crippen LogP contribution in [0.3, 0.4) is 0 Å². The lowest BCUT2D eigenvalue weighted by Gasteiger charge is -2.17. The standard InChI is InChI=1S/C17H13ClF5N3O2S/c1-9(15-24-13-4-2-3-5-14(13)26(15)16(19)20)25-29(27,28)10-6-7-12(18)11(8-10)17(21,22)23/h2-9,16,25H,1H3. The Labute approximate surface area is 167 Å². The maximum Gasteiger partial charge on any atom is 0.417 e. The average molecular weight is 454 g/mol. The van der Waals surface area contributed by atoms with Crippen LogP contribution in [0.15, 0.2) is 47.4 Å². The molecule has 0 aliphatic carbocycles. The normalized spacial score (nSPS) is 13.9. The zero-order valence-electron chi connectivity index (χ0n) is 14.6.